The fraction of sp³-hybridized carbons (Fsp3) is 0.280. The third-order valence-corrected chi connectivity index (χ3v) is 6.59. The van der Waals surface area contributed by atoms with Crippen molar-refractivity contribution in [3.8, 4) is 22.5 Å². The van der Waals surface area contributed by atoms with Crippen molar-refractivity contribution in [1.29, 1.82) is 0 Å². The number of imidazole rings is 1. The first-order valence-corrected chi connectivity index (χ1v) is 12.0. The number of unbranched alkanes of at least 4 members (excludes halogenated alkanes) is 2. The Bertz CT molecular complexity index is 1050. The summed E-state index contributed by atoms with van der Waals surface area (Å²) in [5.74, 6) is 0.604. The molecule has 1 N–H and O–H groups in total. The lowest BCUT2D eigenvalue weighted by Gasteiger charge is -2.07. The second-order valence-electron chi connectivity index (χ2n) is 7.76. The maximum atomic E-state index is 13.0. The number of nitrogens with one attached hydrogen (secondary N) is 1. The molecular formula is C25H28N4OS. The van der Waals surface area contributed by atoms with Gasteiger partial charge in [0.15, 0.2) is 0 Å². The van der Waals surface area contributed by atoms with Gasteiger partial charge in [-0.1, -0.05) is 60.7 Å². The van der Waals surface area contributed by atoms with Crippen molar-refractivity contribution in [2.45, 2.75) is 44.8 Å². The molecule has 2 heterocycles. The first kappa shape index (κ1) is 21.4. The minimum Gasteiger partial charge on any atom is -0.609 e. The number of benzene rings is 2. The van der Waals surface area contributed by atoms with E-state index in [0.29, 0.717) is 10.9 Å². The molecule has 2 aromatic carbocycles. The third kappa shape index (κ3) is 5.27. The summed E-state index contributed by atoms with van der Waals surface area (Å²) in [4.78, 5) is 8.10. The Balaban J connectivity index is 1.41. The summed E-state index contributed by atoms with van der Waals surface area (Å²) in [5.41, 5.74) is 6.07. The molecule has 5 nitrogen and oxygen atoms in total. The standard InChI is InChI=1S/C25H28N4OS/c1-19-18-20(2)29(28-19)16-10-5-11-17-31(30)25-26-23(21-12-6-3-7-13-21)24(27-25)22-14-8-4-9-15-22/h3-4,6-9,12-15,18H,5,10-11,16-17H2,1-2H3,(H,26,27)/t31-/m0/s1. The molecule has 4 rings (SSSR count). The van der Waals surface area contributed by atoms with Gasteiger partial charge in [-0.3, -0.25) is 9.67 Å². The van der Waals surface area contributed by atoms with E-state index in [1.165, 1.54) is 5.69 Å². The highest BCUT2D eigenvalue weighted by Gasteiger charge is 2.21. The average molecular weight is 433 g/mol. The van der Waals surface area contributed by atoms with Gasteiger partial charge < -0.3 is 4.55 Å². The number of hydrogen-bond donors (Lipinski definition) is 1. The van der Waals surface area contributed by atoms with Crippen molar-refractivity contribution in [3.63, 3.8) is 0 Å². The van der Waals surface area contributed by atoms with Crippen LogP contribution in [0.5, 0.6) is 0 Å². The summed E-state index contributed by atoms with van der Waals surface area (Å²) in [6.07, 6.45) is 2.94. The molecule has 1 atom stereocenters. The lowest BCUT2D eigenvalue weighted by atomic mass is 10.1. The van der Waals surface area contributed by atoms with E-state index < -0.39 is 11.2 Å². The largest absolute Gasteiger partial charge is 0.609 e. The zero-order chi connectivity index (χ0) is 21.6. The number of rotatable bonds is 9. The molecule has 0 radical (unpaired) electrons. The second kappa shape index (κ2) is 9.98. The van der Waals surface area contributed by atoms with Crippen LogP contribution in [0.25, 0.3) is 22.5 Å². The van der Waals surface area contributed by atoms with Crippen LogP contribution in [-0.4, -0.2) is 30.1 Å². The van der Waals surface area contributed by atoms with Gasteiger partial charge in [-0.2, -0.15) is 10.1 Å². The van der Waals surface area contributed by atoms with E-state index in [0.717, 1.165) is 54.0 Å². The van der Waals surface area contributed by atoms with E-state index >= 15 is 0 Å². The summed E-state index contributed by atoms with van der Waals surface area (Å²) in [6.45, 7) is 5.01. The van der Waals surface area contributed by atoms with Gasteiger partial charge in [0.2, 0.25) is 0 Å². The van der Waals surface area contributed by atoms with Crippen LogP contribution >= 0.6 is 0 Å². The SMILES string of the molecule is Cc1cc(C)n(CCCCC[S@+]([O-])c2nc(-c3ccccc3)c(-c3ccccc3)[nH]2)n1. The van der Waals surface area contributed by atoms with Crippen LogP contribution in [-0.2, 0) is 17.7 Å². The van der Waals surface area contributed by atoms with Crippen molar-refractivity contribution in [1.82, 2.24) is 19.7 Å². The first-order chi connectivity index (χ1) is 15.1. The lowest BCUT2D eigenvalue weighted by molar-refractivity contribution is 0.535. The normalized spacial score (nSPS) is 12.2. The van der Waals surface area contributed by atoms with Crippen LogP contribution in [0.15, 0.2) is 71.9 Å². The molecule has 0 aliphatic carbocycles. The molecule has 6 heteroatoms. The summed E-state index contributed by atoms with van der Waals surface area (Å²) in [6, 6.07) is 22.3. The maximum absolute atomic E-state index is 13.0. The van der Waals surface area contributed by atoms with E-state index in [-0.39, 0.29) is 0 Å². The Labute approximate surface area is 186 Å². The highest BCUT2D eigenvalue weighted by Crippen LogP contribution is 2.31. The van der Waals surface area contributed by atoms with Crippen LogP contribution in [0.3, 0.4) is 0 Å². The Hall–Kier alpha value is -2.83. The van der Waals surface area contributed by atoms with Crippen molar-refractivity contribution in [2.24, 2.45) is 0 Å². The fourth-order valence-corrected chi connectivity index (χ4v) is 4.82. The van der Waals surface area contributed by atoms with Crippen LogP contribution in [0.2, 0.25) is 0 Å². The molecule has 0 amide bonds. The topological polar surface area (TPSA) is 69.6 Å². The molecule has 4 aromatic rings. The molecule has 0 fully saturated rings. The van der Waals surface area contributed by atoms with Crippen molar-refractivity contribution >= 4 is 11.2 Å². The van der Waals surface area contributed by atoms with E-state index in [2.05, 4.69) is 27.8 Å². The predicted molar refractivity (Wildman–Crippen MR) is 126 cm³/mol. The molecule has 0 aliphatic rings. The zero-order valence-electron chi connectivity index (χ0n) is 18.0. The number of aromatic amines is 1. The molecular weight excluding hydrogens is 404 g/mol. The lowest BCUT2D eigenvalue weighted by Crippen LogP contribution is -2.09. The molecule has 0 aliphatic heterocycles. The quantitative estimate of drug-likeness (QED) is 0.279. The summed E-state index contributed by atoms with van der Waals surface area (Å²) < 4.78 is 15.0. The van der Waals surface area contributed by atoms with Gasteiger partial charge in [-0.15, -0.1) is 0 Å². The Morgan fingerprint density at radius 1 is 0.903 bits per heavy atom. The Morgan fingerprint density at radius 3 is 2.23 bits per heavy atom. The summed E-state index contributed by atoms with van der Waals surface area (Å²) in [7, 11) is 0. The van der Waals surface area contributed by atoms with Gasteiger partial charge in [-0.25, -0.2) is 0 Å². The third-order valence-electron chi connectivity index (χ3n) is 5.31. The molecule has 0 spiro atoms. The van der Waals surface area contributed by atoms with Crippen molar-refractivity contribution in [2.75, 3.05) is 5.75 Å². The van der Waals surface area contributed by atoms with E-state index in [1.54, 1.807) is 0 Å². The van der Waals surface area contributed by atoms with Gasteiger partial charge in [0.05, 0.1) is 11.4 Å². The van der Waals surface area contributed by atoms with Crippen LogP contribution in [0.4, 0.5) is 0 Å². The fourth-order valence-electron chi connectivity index (χ4n) is 3.75. The van der Waals surface area contributed by atoms with Crippen molar-refractivity contribution < 1.29 is 4.55 Å². The van der Waals surface area contributed by atoms with Gasteiger partial charge in [0.1, 0.15) is 11.4 Å². The molecule has 160 valence electrons. The highest BCUT2D eigenvalue weighted by atomic mass is 32.2. The molecule has 0 saturated heterocycles. The van der Waals surface area contributed by atoms with E-state index in [9.17, 15) is 4.55 Å². The Morgan fingerprint density at radius 2 is 1.58 bits per heavy atom. The number of H-pyrrole nitrogens is 1. The van der Waals surface area contributed by atoms with Gasteiger partial charge in [0, 0.05) is 34.5 Å². The van der Waals surface area contributed by atoms with Crippen molar-refractivity contribution in [3.05, 3.63) is 78.1 Å². The molecule has 0 bridgehead atoms. The second-order valence-corrected chi connectivity index (χ2v) is 9.24. The molecule has 2 aromatic heterocycles. The van der Waals surface area contributed by atoms with Gasteiger partial charge in [-0.05, 0) is 39.2 Å². The predicted octanol–water partition coefficient (Wildman–Crippen LogP) is 5.54. The molecule has 31 heavy (non-hydrogen) atoms. The minimum atomic E-state index is -1.16. The van der Waals surface area contributed by atoms with E-state index in [1.807, 2.05) is 67.6 Å². The molecule has 0 unspecified atom stereocenters. The highest BCUT2D eigenvalue weighted by molar-refractivity contribution is 7.91. The number of aryl methyl sites for hydroxylation is 3. The monoisotopic (exact) mass is 432 g/mol. The van der Waals surface area contributed by atoms with Gasteiger partial charge in [0.25, 0.3) is 0 Å². The summed E-state index contributed by atoms with van der Waals surface area (Å²) in [5, 5.41) is 5.05. The number of hydrogen-bond acceptors (Lipinski definition) is 3. The van der Waals surface area contributed by atoms with Crippen LogP contribution in [0, 0.1) is 13.8 Å². The van der Waals surface area contributed by atoms with Crippen LogP contribution < -0.4 is 0 Å². The van der Waals surface area contributed by atoms with Crippen LogP contribution in [0.1, 0.15) is 30.7 Å². The minimum absolute atomic E-state index is 0.552. The maximum Gasteiger partial charge on any atom is 0.321 e. The zero-order valence-corrected chi connectivity index (χ0v) is 18.9. The Kier molecular flexibility index (Phi) is 6.89. The number of aromatic nitrogens is 4. The smallest absolute Gasteiger partial charge is 0.321 e. The van der Waals surface area contributed by atoms with Gasteiger partial charge >= 0.3 is 5.16 Å². The summed E-state index contributed by atoms with van der Waals surface area (Å²) >= 11 is -1.16. The van der Waals surface area contributed by atoms with E-state index in [4.69, 9.17) is 4.98 Å². The first-order valence-electron chi connectivity index (χ1n) is 10.7. The average Bonchev–Trinajstić information content (AvgIpc) is 3.38. The molecule has 0 saturated carbocycles. The number of nitrogens with zero attached hydrogens (tertiary/aromatic N) is 3.